The SMILES string of the molecule is COc1cc(Nc2nc(N)c(-c3nc(-c4cccc(NC(=O)c5cccc(C#N)c5)c4)no3)s2)cc(OC)c1OC. The van der Waals surface area contributed by atoms with E-state index in [0.29, 0.717) is 61.1 Å². The Morgan fingerprint density at radius 1 is 0.976 bits per heavy atom. The summed E-state index contributed by atoms with van der Waals surface area (Å²) in [6.45, 7) is 0. The normalized spacial score (nSPS) is 10.5. The van der Waals surface area contributed by atoms with Crippen molar-refractivity contribution in [2.75, 3.05) is 37.7 Å². The lowest BCUT2D eigenvalue weighted by molar-refractivity contribution is 0.102. The Bertz CT molecular complexity index is 1750. The molecule has 1 amide bonds. The average molecular weight is 570 g/mol. The van der Waals surface area contributed by atoms with Crippen molar-refractivity contribution in [2.45, 2.75) is 0 Å². The van der Waals surface area contributed by atoms with Gasteiger partial charge in [-0.25, -0.2) is 4.98 Å². The van der Waals surface area contributed by atoms with Gasteiger partial charge in [0.15, 0.2) is 16.6 Å². The molecule has 0 atom stereocenters. The largest absolute Gasteiger partial charge is 0.493 e. The fourth-order valence-electron chi connectivity index (χ4n) is 3.92. The van der Waals surface area contributed by atoms with Crippen molar-refractivity contribution in [1.82, 2.24) is 15.1 Å². The summed E-state index contributed by atoms with van der Waals surface area (Å²) in [7, 11) is 4.60. The first-order valence-electron chi connectivity index (χ1n) is 12.0. The zero-order chi connectivity index (χ0) is 28.9. The number of nitriles is 1. The minimum atomic E-state index is -0.349. The molecule has 13 heteroatoms. The second-order valence-corrected chi connectivity index (χ2v) is 9.42. The molecule has 206 valence electrons. The number of carbonyl (C=O) groups is 1. The molecule has 0 fully saturated rings. The van der Waals surface area contributed by atoms with Crippen molar-refractivity contribution in [1.29, 1.82) is 5.26 Å². The number of thiazole rings is 1. The number of nitrogens with zero attached hydrogens (tertiary/aromatic N) is 4. The Labute approximate surface area is 238 Å². The van der Waals surface area contributed by atoms with Gasteiger partial charge in [-0.15, -0.1) is 0 Å². The van der Waals surface area contributed by atoms with Gasteiger partial charge >= 0.3 is 0 Å². The molecular weight excluding hydrogens is 546 g/mol. The summed E-state index contributed by atoms with van der Waals surface area (Å²) < 4.78 is 21.7. The molecular formula is C28H23N7O5S. The van der Waals surface area contributed by atoms with E-state index in [-0.39, 0.29) is 17.6 Å². The zero-order valence-corrected chi connectivity index (χ0v) is 22.9. The molecule has 0 saturated heterocycles. The van der Waals surface area contributed by atoms with Gasteiger partial charge in [-0.2, -0.15) is 10.2 Å². The molecule has 4 N–H and O–H groups in total. The van der Waals surface area contributed by atoms with Crippen molar-refractivity contribution in [2.24, 2.45) is 0 Å². The second kappa shape index (κ2) is 11.6. The summed E-state index contributed by atoms with van der Waals surface area (Å²) >= 11 is 1.23. The summed E-state index contributed by atoms with van der Waals surface area (Å²) in [5.41, 5.74) is 8.73. The van der Waals surface area contributed by atoms with Gasteiger partial charge < -0.3 is 35.1 Å². The topological polar surface area (TPSA) is 170 Å². The van der Waals surface area contributed by atoms with E-state index in [4.69, 9.17) is 29.7 Å². The highest BCUT2D eigenvalue weighted by Crippen LogP contribution is 2.42. The Kier molecular flexibility index (Phi) is 7.66. The number of hydrogen-bond acceptors (Lipinski definition) is 12. The number of aromatic nitrogens is 3. The first-order chi connectivity index (χ1) is 19.9. The molecule has 0 unspecified atom stereocenters. The van der Waals surface area contributed by atoms with Gasteiger partial charge in [0.1, 0.15) is 10.7 Å². The van der Waals surface area contributed by atoms with Crippen LogP contribution in [0.15, 0.2) is 65.2 Å². The number of ether oxygens (including phenoxy) is 3. The molecule has 12 nitrogen and oxygen atoms in total. The average Bonchev–Trinajstić information content (AvgIpc) is 3.63. The summed E-state index contributed by atoms with van der Waals surface area (Å²) in [5, 5.41) is 19.7. The highest BCUT2D eigenvalue weighted by molar-refractivity contribution is 7.19. The molecule has 0 aliphatic rings. The number of amides is 1. The van der Waals surface area contributed by atoms with E-state index >= 15 is 0 Å². The van der Waals surface area contributed by atoms with Crippen LogP contribution in [0.3, 0.4) is 0 Å². The zero-order valence-electron chi connectivity index (χ0n) is 22.1. The molecule has 0 radical (unpaired) electrons. The number of anilines is 4. The Morgan fingerprint density at radius 2 is 1.73 bits per heavy atom. The summed E-state index contributed by atoms with van der Waals surface area (Å²) in [6, 6.07) is 19.0. The van der Waals surface area contributed by atoms with E-state index in [1.54, 1.807) is 54.6 Å². The molecule has 0 bridgehead atoms. The highest BCUT2D eigenvalue weighted by Gasteiger charge is 2.20. The lowest BCUT2D eigenvalue weighted by Gasteiger charge is -2.14. The molecule has 2 heterocycles. The Hall–Kier alpha value is -5.61. The van der Waals surface area contributed by atoms with Gasteiger partial charge in [0, 0.05) is 34.6 Å². The van der Waals surface area contributed by atoms with Crippen molar-refractivity contribution in [3.8, 4) is 45.5 Å². The van der Waals surface area contributed by atoms with E-state index in [9.17, 15) is 4.79 Å². The molecule has 0 spiro atoms. The van der Waals surface area contributed by atoms with E-state index in [1.165, 1.54) is 38.7 Å². The predicted molar refractivity (Wildman–Crippen MR) is 154 cm³/mol. The molecule has 5 aromatic rings. The van der Waals surface area contributed by atoms with Gasteiger partial charge in [0.05, 0.1) is 33.0 Å². The van der Waals surface area contributed by atoms with E-state index in [2.05, 4.69) is 25.8 Å². The van der Waals surface area contributed by atoms with Crippen LogP contribution >= 0.6 is 11.3 Å². The third kappa shape index (κ3) is 5.72. The van der Waals surface area contributed by atoms with Crippen LogP contribution in [0.1, 0.15) is 15.9 Å². The minimum Gasteiger partial charge on any atom is -0.493 e. The molecule has 3 aromatic carbocycles. The lowest BCUT2D eigenvalue weighted by Crippen LogP contribution is -2.12. The number of nitrogens with one attached hydrogen (secondary N) is 2. The second-order valence-electron chi connectivity index (χ2n) is 8.42. The summed E-state index contributed by atoms with van der Waals surface area (Å²) in [6.07, 6.45) is 0. The van der Waals surface area contributed by atoms with Crippen LogP contribution in [-0.2, 0) is 0 Å². The number of benzene rings is 3. The van der Waals surface area contributed by atoms with Gasteiger partial charge in [0.2, 0.25) is 11.6 Å². The number of hydrogen-bond donors (Lipinski definition) is 3. The monoisotopic (exact) mass is 569 g/mol. The first kappa shape index (κ1) is 27.0. The molecule has 5 rings (SSSR count). The van der Waals surface area contributed by atoms with Crippen LogP contribution in [0.2, 0.25) is 0 Å². The summed E-state index contributed by atoms with van der Waals surface area (Å²) in [5.74, 6) is 1.78. The van der Waals surface area contributed by atoms with Crippen LogP contribution in [-0.4, -0.2) is 42.4 Å². The van der Waals surface area contributed by atoms with Crippen molar-refractivity contribution < 1.29 is 23.5 Å². The fraction of sp³-hybridized carbons (Fsp3) is 0.107. The molecule has 0 aliphatic heterocycles. The van der Waals surface area contributed by atoms with Crippen molar-refractivity contribution in [3.63, 3.8) is 0 Å². The van der Waals surface area contributed by atoms with Crippen LogP contribution in [0.4, 0.5) is 22.3 Å². The molecule has 0 saturated carbocycles. The van der Waals surface area contributed by atoms with Gasteiger partial charge in [0.25, 0.3) is 11.8 Å². The fourth-order valence-corrected chi connectivity index (χ4v) is 4.74. The van der Waals surface area contributed by atoms with E-state index in [0.717, 1.165) is 0 Å². The van der Waals surface area contributed by atoms with E-state index < -0.39 is 0 Å². The standard InChI is InChI=1S/C28H23N7O5S/c1-37-20-12-19(13-21(38-2)22(20)39-3)32-28-33-24(30)23(41-28)27-34-25(35-40-27)16-7-5-9-18(11-16)31-26(36)17-8-4-6-15(10-17)14-29/h4-13H,30H2,1-3H3,(H,31,36)(H,32,33). The molecule has 41 heavy (non-hydrogen) atoms. The molecule has 2 aromatic heterocycles. The van der Waals surface area contributed by atoms with E-state index in [1.807, 2.05) is 6.07 Å². The maximum atomic E-state index is 12.7. The van der Waals surface area contributed by atoms with Crippen LogP contribution in [0.25, 0.3) is 22.2 Å². The van der Waals surface area contributed by atoms with Gasteiger partial charge in [-0.05, 0) is 30.3 Å². The Morgan fingerprint density at radius 3 is 2.44 bits per heavy atom. The smallest absolute Gasteiger partial charge is 0.272 e. The number of methoxy groups -OCH3 is 3. The number of rotatable bonds is 9. The number of nitrogens with two attached hydrogens (primary N) is 1. The quantitative estimate of drug-likeness (QED) is 0.209. The first-order valence-corrected chi connectivity index (χ1v) is 12.8. The van der Waals surface area contributed by atoms with Crippen molar-refractivity contribution in [3.05, 3.63) is 71.8 Å². The Balaban J connectivity index is 1.35. The minimum absolute atomic E-state index is 0.190. The highest BCUT2D eigenvalue weighted by atomic mass is 32.1. The summed E-state index contributed by atoms with van der Waals surface area (Å²) in [4.78, 5) is 22.0. The molecule has 0 aliphatic carbocycles. The number of nitrogen functional groups attached to an aromatic ring is 1. The van der Waals surface area contributed by atoms with Crippen molar-refractivity contribution >= 4 is 39.6 Å². The maximum absolute atomic E-state index is 12.7. The van der Waals surface area contributed by atoms with Gasteiger partial charge in [-0.1, -0.05) is 34.7 Å². The third-order valence-electron chi connectivity index (χ3n) is 5.82. The number of carbonyl (C=O) groups excluding carboxylic acids is 1. The van der Waals surface area contributed by atoms with Crippen LogP contribution < -0.4 is 30.6 Å². The third-order valence-corrected chi connectivity index (χ3v) is 6.80. The predicted octanol–water partition coefficient (Wildman–Crippen LogP) is 5.34. The van der Waals surface area contributed by atoms with Crippen LogP contribution in [0, 0.1) is 11.3 Å². The lowest BCUT2D eigenvalue weighted by atomic mass is 10.1. The van der Waals surface area contributed by atoms with Crippen LogP contribution in [0.5, 0.6) is 17.2 Å². The van der Waals surface area contributed by atoms with Gasteiger partial charge in [-0.3, -0.25) is 4.79 Å². The maximum Gasteiger partial charge on any atom is 0.272 e.